The van der Waals surface area contributed by atoms with E-state index in [4.69, 9.17) is 5.73 Å². The zero-order valence-corrected chi connectivity index (χ0v) is 9.71. The summed E-state index contributed by atoms with van der Waals surface area (Å²) in [4.78, 5) is 13.9. The van der Waals surface area contributed by atoms with Gasteiger partial charge < -0.3 is 10.6 Å². The maximum absolute atomic E-state index is 12.0. The molecule has 1 rings (SSSR count). The van der Waals surface area contributed by atoms with E-state index in [1.807, 2.05) is 18.7 Å². The quantitative estimate of drug-likeness (QED) is 0.738. The van der Waals surface area contributed by atoms with Crippen molar-refractivity contribution in [1.82, 2.24) is 4.90 Å². The lowest BCUT2D eigenvalue weighted by Gasteiger charge is -2.27. The largest absolute Gasteiger partial charge is 0.339 e. The first-order valence-electron chi connectivity index (χ1n) is 5.40. The maximum atomic E-state index is 12.0. The van der Waals surface area contributed by atoms with Gasteiger partial charge in [0.2, 0.25) is 5.91 Å². The van der Waals surface area contributed by atoms with Crippen molar-refractivity contribution in [3.63, 3.8) is 0 Å². The van der Waals surface area contributed by atoms with Gasteiger partial charge in [0, 0.05) is 25.0 Å². The van der Waals surface area contributed by atoms with Gasteiger partial charge in [0.1, 0.15) is 0 Å². The Kier molecular flexibility index (Phi) is 3.20. The highest BCUT2D eigenvalue weighted by atomic mass is 16.2. The van der Waals surface area contributed by atoms with Gasteiger partial charge in [-0.25, -0.2) is 0 Å². The second-order valence-electron chi connectivity index (χ2n) is 5.16. The summed E-state index contributed by atoms with van der Waals surface area (Å²) < 4.78 is 0. The van der Waals surface area contributed by atoms with Crippen molar-refractivity contribution >= 4 is 5.91 Å². The molecule has 3 heteroatoms. The molecule has 0 saturated heterocycles. The van der Waals surface area contributed by atoms with E-state index in [1.165, 1.54) is 0 Å². The molecule has 1 fully saturated rings. The predicted octanol–water partition coefficient (Wildman–Crippen LogP) is 1.23. The second kappa shape index (κ2) is 3.89. The van der Waals surface area contributed by atoms with Gasteiger partial charge in [-0.3, -0.25) is 4.79 Å². The lowest BCUT2D eigenvalue weighted by atomic mass is 10.1. The second-order valence-corrected chi connectivity index (χ2v) is 5.16. The van der Waals surface area contributed by atoms with E-state index in [9.17, 15) is 4.79 Å². The minimum Gasteiger partial charge on any atom is -0.339 e. The fourth-order valence-electron chi connectivity index (χ4n) is 1.85. The Bertz CT molecular complexity index is 223. The molecule has 0 aliphatic heterocycles. The average Bonchev–Trinajstić information content (AvgIpc) is 2.69. The van der Waals surface area contributed by atoms with E-state index in [0.29, 0.717) is 13.1 Å². The molecule has 0 spiro atoms. The van der Waals surface area contributed by atoms with Gasteiger partial charge in [-0.2, -0.15) is 0 Å². The number of carbonyl (C=O) groups is 1. The molecular formula is C11H22N2O. The van der Waals surface area contributed by atoms with Crippen LogP contribution in [0.5, 0.6) is 0 Å². The Labute approximate surface area is 86.6 Å². The number of hydrogen-bond donors (Lipinski definition) is 1. The monoisotopic (exact) mass is 198 g/mol. The zero-order valence-electron chi connectivity index (χ0n) is 9.71. The lowest BCUT2D eigenvalue weighted by molar-refractivity contribution is -0.134. The molecule has 1 amide bonds. The smallest absolute Gasteiger partial charge is 0.226 e. The predicted molar refractivity (Wildman–Crippen MR) is 57.8 cm³/mol. The van der Waals surface area contributed by atoms with Gasteiger partial charge in [0.15, 0.2) is 0 Å². The van der Waals surface area contributed by atoms with Crippen LogP contribution in [0.3, 0.4) is 0 Å². The Hall–Kier alpha value is -0.570. The Balaban J connectivity index is 2.57. The standard InChI is InChI=1S/C11H22N2O/c1-8(2)13(6-5-12)10(14)9-7-11(9,3)4/h8-9H,5-7,12H2,1-4H3. The normalized spacial score (nSPS) is 23.7. The van der Waals surface area contributed by atoms with Crippen LogP contribution in [0.15, 0.2) is 0 Å². The third-order valence-electron chi connectivity index (χ3n) is 3.09. The van der Waals surface area contributed by atoms with Crippen molar-refractivity contribution in [3.8, 4) is 0 Å². The van der Waals surface area contributed by atoms with Crippen LogP contribution >= 0.6 is 0 Å². The minimum atomic E-state index is 0.221. The van der Waals surface area contributed by atoms with Gasteiger partial charge in [-0.15, -0.1) is 0 Å². The van der Waals surface area contributed by atoms with Crippen LogP contribution in [0.1, 0.15) is 34.1 Å². The Morgan fingerprint density at radius 3 is 2.36 bits per heavy atom. The van der Waals surface area contributed by atoms with Crippen molar-refractivity contribution in [2.24, 2.45) is 17.1 Å². The number of amides is 1. The molecule has 1 saturated carbocycles. The fourth-order valence-corrected chi connectivity index (χ4v) is 1.85. The van der Waals surface area contributed by atoms with E-state index in [0.717, 1.165) is 6.42 Å². The molecule has 0 aromatic rings. The van der Waals surface area contributed by atoms with Crippen LogP contribution in [0.2, 0.25) is 0 Å². The average molecular weight is 198 g/mol. The molecule has 82 valence electrons. The molecule has 0 heterocycles. The fraction of sp³-hybridized carbons (Fsp3) is 0.909. The first kappa shape index (κ1) is 11.5. The van der Waals surface area contributed by atoms with Gasteiger partial charge in [0.25, 0.3) is 0 Å². The SMILES string of the molecule is CC(C)N(CCN)C(=O)C1CC1(C)C. The molecule has 1 aliphatic carbocycles. The molecular weight excluding hydrogens is 176 g/mol. The summed E-state index contributed by atoms with van der Waals surface area (Å²) in [6.45, 7) is 9.62. The molecule has 0 radical (unpaired) electrons. The van der Waals surface area contributed by atoms with Crippen LogP contribution < -0.4 is 5.73 Å². The molecule has 1 atom stereocenters. The third kappa shape index (κ3) is 2.27. The van der Waals surface area contributed by atoms with E-state index in [1.54, 1.807) is 0 Å². The van der Waals surface area contributed by atoms with Crippen molar-refractivity contribution in [2.75, 3.05) is 13.1 Å². The van der Waals surface area contributed by atoms with E-state index in [-0.39, 0.29) is 23.3 Å². The van der Waals surface area contributed by atoms with E-state index >= 15 is 0 Å². The molecule has 0 bridgehead atoms. The maximum Gasteiger partial charge on any atom is 0.226 e. The van der Waals surface area contributed by atoms with Gasteiger partial charge in [0.05, 0.1) is 0 Å². The summed E-state index contributed by atoms with van der Waals surface area (Å²) in [6, 6.07) is 0.266. The van der Waals surface area contributed by atoms with E-state index in [2.05, 4.69) is 13.8 Å². The van der Waals surface area contributed by atoms with Gasteiger partial charge >= 0.3 is 0 Å². The summed E-state index contributed by atoms with van der Waals surface area (Å²) in [7, 11) is 0. The highest BCUT2D eigenvalue weighted by molar-refractivity contribution is 5.82. The first-order chi connectivity index (χ1) is 6.40. The first-order valence-corrected chi connectivity index (χ1v) is 5.40. The number of nitrogens with zero attached hydrogens (tertiary/aromatic N) is 1. The minimum absolute atomic E-state index is 0.221. The summed E-state index contributed by atoms with van der Waals surface area (Å²) in [5.74, 6) is 0.520. The number of hydrogen-bond acceptors (Lipinski definition) is 2. The summed E-state index contributed by atoms with van der Waals surface area (Å²) in [5.41, 5.74) is 5.72. The summed E-state index contributed by atoms with van der Waals surface area (Å²) >= 11 is 0. The number of carbonyl (C=O) groups excluding carboxylic acids is 1. The Morgan fingerprint density at radius 1 is 1.57 bits per heavy atom. The molecule has 0 aromatic heterocycles. The summed E-state index contributed by atoms with van der Waals surface area (Å²) in [5, 5.41) is 0. The highest BCUT2D eigenvalue weighted by Gasteiger charge is 2.52. The highest BCUT2D eigenvalue weighted by Crippen LogP contribution is 2.52. The van der Waals surface area contributed by atoms with Crippen LogP contribution in [0, 0.1) is 11.3 Å². The molecule has 2 N–H and O–H groups in total. The van der Waals surface area contributed by atoms with Gasteiger partial charge in [-0.05, 0) is 25.7 Å². The topological polar surface area (TPSA) is 46.3 Å². The number of rotatable bonds is 4. The van der Waals surface area contributed by atoms with Crippen molar-refractivity contribution in [3.05, 3.63) is 0 Å². The zero-order chi connectivity index (χ0) is 10.9. The van der Waals surface area contributed by atoms with Crippen molar-refractivity contribution < 1.29 is 4.79 Å². The van der Waals surface area contributed by atoms with Crippen LogP contribution in [-0.4, -0.2) is 29.9 Å². The molecule has 0 aromatic carbocycles. The molecule has 1 aliphatic rings. The molecule has 1 unspecified atom stereocenters. The molecule has 3 nitrogen and oxygen atoms in total. The summed E-state index contributed by atoms with van der Waals surface area (Å²) in [6.07, 6.45) is 1.03. The van der Waals surface area contributed by atoms with Crippen molar-refractivity contribution in [2.45, 2.75) is 40.2 Å². The van der Waals surface area contributed by atoms with Crippen LogP contribution in [-0.2, 0) is 4.79 Å². The van der Waals surface area contributed by atoms with Crippen molar-refractivity contribution in [1.29, 1.82) is 0 Å². The lowest BCUT2D eigenvalue weighted by Crippen LogP contribution is -2.41. The Morgan fingerprint density at radius 2 is 2.07 bits per heavy atom. The van der Waals surface area contributed by atoms with E-state index < -0.39 is 0 Å². The third-order valence-corrected chi connectivity index (χ3v) is 3.09. The van der Waals surface area contributed by atoms with Crippen LogP contribution in [0.25, 0.3) is 0 Å². The van der Waals surface area contributed by atoms with Crippen LogP contribution in [0.4, 0.5) is 0 Å². The number of nitrogens with two attached hydrogens (primary N) is 1. The molecule has 14 heavy (non-hydrogen) atoms. The van der Waals surface area contributed by atoms with Gasteiger partial charge in [-0.1, -0.05) is 13.8 Å².